The van der Waals surface area contributed by atoms with Crippen LogP contribution in [0.5, 0.6) is 5.88 Å². The first-order valence-corrected chi connectivity index (χ1v) is 17.5. The molecule has 2 heterocycles. The highest BCUT2D eigenvalue weighted by molar-refractivity contribution is 6.99. The molecule has 0 amide bonds. The number of carbonyl (C=O) groups is 1. The van der Waals surface area contributed by atoms with Crippen molar-refractivity contribution < 1.29 is 42.7 Å². The second kappa shape index (κ2) is 23.7. The van der Waals surface area contributed by atoms with E-state index in [2.05, 4.69) is 35.7 Å². The van der Waals surface area contributed by atoms with Crippen LogP contribution in [0.4, 0.5) is 0 Å². The zero-order valence-corrected chi connectivity index (χ0v) is 29.7. The molecule has 6 nitrogen and oxygen atoms in total. The van der Waals surface area contributed by atoms with Crippen molar-refractivity contribution >= 4 is 23.3 Å². The maximum Gasteiger partial charge on any atom is 0.309 e. The number of unbranched alkanes of at least 4 members (excludes halogenated alkanes) is 15. The normalized spacial score (nSPS) is 17.5. The predicted octanol–water partition coefficient (Wildman–Crippen LogP) is 6.50. The van der Waals surface area contributed by atoms with Crippen LogP contribution >= 0.6 is 11.7 Å². The standard InChI is InChI=1S/C33H60N3O3S.HI/c1-5-8-10-12-13-14-15-16-17-18-19-20-21-25-30(39-31(37)7-3)36(4)26-23-24-29(28-36)32-33(35-40-34-32)38-27-22-11-9-6-2;/h24,30H,5-23,25-28H2,1-4H3;1H/q+1;/p-1. The predicted molar refractivity (Wildman–Crippen MR) is 169 cm³/mol. The van der Waals surface area contributed by atoms with Crippen molar-refractivity contribution in [1.29, 1.82) is 0 Å². The molecular formula is C33H60IN3O3S. The fourth-order valence-electron chi connectivity index (χ4n) is 5.72. The number of hydrogen-bond donors (Lipinski definition) is 0. The average molecular weight is 706 g/mol. The third-order valence-corrected chi connectivity index (χ3v) is 8.88. The number of nitrogens with zero attached hydrogens (tertiary/aromatic N) is 3. The van der Waals surface area contributed by atoms with Gasteiger partial charge in [0.25, 0.3) is 5.88 Å². The van der Waals surface area contributed by atoms with E-state index in [1.165, 1.54) is 114 Å². The summed E-state index contributed by atoms with van der Waals surface area (Å²) < 4.78 is 21.9. The van der Waals surface area contributed by atoms with Crippen LogP contribution in [-0.2, 0) is 9.53 Å². The van der Waals surface area contributed by atoms with E-state index in [0.29, 0.717) is 23.4 Å². The molecular weight excluding hydrogens is 645 g/mol. The lowest BCUT2D eigenvalue weighted by molar-refractivity contribution is -0.947. The van der Waals surface area contributed by atoms with Gasteiger partial charge in [-0.2, -0.15) is 4.37 Å². The summed E-state index contributed by atoms with van der Waals surface area (Å²) in [6.07, 6.45) is 26.6. The van der Waals surface area contributed by atoms with E-state index in [9.17, 15) is 4.79 Å². The highest BCUT2D eigenvalue weighted by Gasteiger charge is 2.39. The molecule has 0 aliphatic carbocycles. The Morgan fingerprint density at radius 3 is 2.00 bits per heavy atom. The van der Waals surface area contributed by atoms with E-state index < -0.39 is 0 Å². The Hall–Kier alpha value is -0.740. The van der Waals surface area contributed by atoms with Gasteiger partial charge in [-0.25, -0.2) is 0 Å². The summed E-state index contributed by atoms with van der Waals surface area (Å²) in [4.78, 5) is 12.4. The molecule has 2 rings (SSSR count). The van der Waals surface area contributed by atoms with Crippen molar-refractivity contribution in [3.8, 4) is 5.88 Å². The maximum atomic E-state index is 12.4. The molecule has 1 aromatic rings. The Kier molecular flexibility index (Phi) is 22.1. The number of esters is 1. The Balaban J connectivity index is 0.00000840. The Bertz CT molecular complexity index is 834. The van der Waals surface area contributed by atoms with Crippen molar-refractivity contribution in [2.75, 3.05) is 26.7 Å². The van der Waals surface area contributed by atoms with Crippen LogP contribution in [0.3, 0.4) is 0 Å². The van der Waals surface area contributed by atoms with Gasteiger partial charge in [0, 0.05) is 24.8 Å². The monoisotopic (exact) mass is 705 g/mol. The molecule has 0 spiro atoms. The number of likely N-dealkylation sites (N-methyl/N-ethyl adjacent to an activating group) is 1. The zero-order chi connectivity index (χ0) is 28.9. The number of halogens is 1. The number of carbonyl (C=O) groups excluding carboxylic acids is 1. The van der Waals surface area contributed by atoms with Gasteiger partial charge in [-0.3, -0.25) is 9.28 Å². The molecule has 0 aromatic carbocycles. The molecule has 0 fully saturated rings. The van der Waals surface area contributed by atoms with Crippen molar-refractivity contribution in [3.63, 3.8) is 0 Å². The summed E-state index contributed by atoms with van der Waals surface area (Å²) >= 11 is 1.22. The second-order valence-corrected chi connectivity index (χ2v) is 12.6. The molecule has 0 N–H and O–H groups in total. The molecule has 2 atom stereocenters. The quantitative estimate of drug-likeness (QED) is 0.0533. The summed E-state index contributed by atoms with van der Waals surface area (Å²) in [6.45, 7) is 8.83. The van der Waals surface area contributed by atoms with Crippen LogP contribution in [0.2, 0.25) is 0 Å². The third-order valence-electron chi connectivity index (χ3n) is 8.37. The zero-order valence-electron chi connectivity index (χ0n) is 26.8. The van der Waals surface area contributed by atoms with Gasteiger partial charge in [0.2, 0.25) is 6.23 Å². The van der Waals surface area contributed by atoms with E-state index in [1.807, 2.05) is 6.92 Å². The van der Waals surface area contributed by atoms with Crippen molar-refractivity contribution in [3.05, 3.63) is 11.8 Å². The molecule has 0 saturated heterocycles. The number of ether oxygens (including phenoxy) is 2. The summed E-state index contributed by atoms with van der Waals surface area (Å²) in [5.74, 6) is 0.571. The Labute approximate surface area is 273 Å². The molecule has 41 heavy (non-hydrogen) atoms. The second-order valence-electron chi connectivity index (χ2n) is 12.0. The lowest BCUT2D eigenvalue weighted by atomic mass is 10.0. The maximum absolute atomic E-state index is 12.4. The first-order chi connectivity index (χ1) is 19.5. The van der Waals surface area contributed by atoms with Crippen molar-refractivity contribution in [2.24, 2.45) is 0 Å². The van der Waals surface area contributed by atoms with Crippen LogP contribution in [0.15, 0.2) is 6.08 Å². The SMILES string of the molecule is CCCCCCCCCCCCCCCC(OC(=O)CC)[N+]1(C)CCC=C(c2nsnc2OCCCCCC)C1.[I-]. The molecule has 0 saturated carbocycles. The first-order valence-electron chi connectivity index (χ1n) is 16.7. The van der Waals surface area contributed by atoms with Crippen LogP contribution < -0.4 is 28.7 Å². The minimum Gasteiger partial charge on any atom is -1.00 e. The molecule has 1 aliphatic rings. The first kappa shape index (κ1) is 38.3. The van der Waals surface area contributed by atoms with Crippen LogP contribution in [0.25, 0.3) is 5.57 Å². The van der Waals surface area contributed by atoms with Gasteiger partial charge in [-0.15, -0.1) is 4.37 Å². The molecule has 1 aliphatic heterocycles. The average Bonchev–Trinajstić information content (AvgIpc) is 3.43. The van der Waals surface area contributed by atoms with Crippen molar-refractivity contribution in [2.45, 2.75) is 155 Å². The highest BCUT2D eigenvalue weighted by atomic mass is 127. The molecule has 8 heteroatoms. The summed E-state index contributed by atoms with van der Waals surface area (Å²) in [5.41, 5.74) is 2.06. The summed E-state index contributed by atoms with van der Waals surface area (Å²) in [5, 5.41) is 0. The third kappa shape index (κ3) is 15.5. The topological polar surface area (TPSA) is 61.3 Å². The molecule has 0 radical (unpaired) electrons. The van der Waals surface area contributed by atoms with E-state index >= 15 is 0 Å². The lowest BCUT2D eigenvalue weighted by Crippen LogP contribution is -3.00. The molecule has 1 aromatic heterocycles. The van der Waals surface area contributed by atoms with Gasteiger partial charge < -0.3 is 33.5 Å². The Morgan fingerprint density at radius 1 is 0.854 bits per heavy atom. The van der Waals surface area contributed by atoms with Crippen LogP contribution in [0.1, 0.15) is 155 Å². The minimum atomic E-state index is -0.117. The van der Waals surface area contributed by atoms with Gasteiger partial charge in [0.05, 0.1) is 31.9 Å². The largest absolute Gasteiger partial charge is 1.00 e. The lowest BCUT2D eigenvalue weighted by Gasteiger charge is -2.42. The van der Waals surface area contributed by atoms with Crippen molar-refractivity contribution in [1.82, 2.24) is 8.75 Å². The fourth-order valence-corrected chi connectivity index (χ4v) is 6.25. The van der Waals surface area contributed by atoms with E-state index in [-0.39, 0.29) is 36.2 Å². The highest BCUT2D eigenvalue weighted by Crippen LogP contribution is 2.33. The number of hydrogen-bond acceptors (Lipinski definition) is 6. The van der Waals surface area contributed by atoms with Crippen LogP contribution in [-0.4, -0.2) is 52.2 Å². The number of rotatable bonds is 24. The summed E-state index contributed by atoms with van der Waals surface area (Å²) in [7, 11) is 2.24. The fraction of sp³-hybridized carbons (Fsp3) is 0.848. The van der Waals surface area contributed by atoms with Gasteiger partial charge >= 0.3 is 5.97 Å². The molecule has 2 unspecified atom stereocenters. The van der Waals surface area contributed by atoms with E-state index in [4.69, 9.17) is 9.47 Å². The van der Waals surface area contributed by atoms with Gasteiger partial charge in [0.15, 0.2) is 0 Å². The van der Waals surface area contributed by atoms with Gasteiger partial charge in [-0.05, 0) is 12.8 Å². The number of aromatic nitrogens is 2. The molecule has 0 bridgehead atoms. The smallest absolute Gasteiger partial charge is 0.309 e. The van der Waals surface area contributed by atoms with Crippen LogP contribution in [0, 0.1) is 0 Å². The molecule has 238 valence electrons. The van der Waals surface area contributed by atoms with Gasteiger partial charge in [-0.1, -0.05) is 123 Å². The Morgan fingerprint density at radius 2 is 1.41 bits per heavy atom. The number of quaternary nitrogens is 1. The van der Waals surface area contributed by atoms with E-state index in [1.54, 1.807) is 0 Å². The van der Waals surface area contributed by atoms with E-state index in [0.717, 1.165) is 44.5 Å². The minimum absolute atomic E-state index is 0. The summed E-state index contributed by atoms with van der Waals surface area (Å²) in [6, 6.07) is 0. The van der Waals surface area contributed by atoms with Gasteiger partial charge in [0.1, 0.15) is 12.2 Å².